The summed E-state index contributed by atoms with van der Waals surface area (Å²) < 4.78 is 14.5. The van der Waals surface area contributed by atoms with E-state index in [0.29, 0.717) is 11.5 Å². The topological polar surface area (TPSA) is 29.3 Å². The van der Waals surface area contributed by atoms with Gasteiger partial charge in [-0.1, -0.05) is 12.2 Å². The van der Waals surface area contributed by atoms with E-state index in [2.05, 4.69) is 32.3 Å². The van der Waals surface area contributed by atoms with E-state index in [1.54, 1.807) is 17.4 Å². The lowest BCUT2D eigenvalue weighted by molar-refractivity contribution is 0.319. The summed E-state index contributed by atoms with van der Waals surface area (Å²) >= 11 is 10.1. The molecule has 0 aliphatic rings. The summed E-state index contributed by atoms with van der Waals surface area (Å²) in [5.74, 6) is -0.272. The number of nitrogens with zero attached hydrogens (tertiary/aromatic N) is 1. The van der Waals surface area contributed by atoms with Crippen LogP contribution in [0.25, 0.3) is 0 Å². The molecule has 1 aromatic heterocycles. The van der Waals surface area contributed by atoms with Gasteiger partial charge in [-0.2, -0.15) is 0 Å². The first-order chi connectivity index (χ1) is 9.45. The van der Waals surface area contributed by atoms with Gasteiger partial charge in [-0.3, -0.25) is 4.90 Å². The first-order valence-electron chi connectivity index (χ1n) is 5.95. The first kappa shape index (κ1) is 15.6. The van der Waals surface area contributed by atoms with E-state index in [1.165, 1.54) is 17.7 Å². The third-order valence-electron chi connectivity index (χ3n) is 2.85. The van der Waals surface area contributed by atoms with Gasteiger partial charge in [0.1, 0.15) is 10.8 Å². The van der Waals surface area contributed by atoms with Crippen LogP contribution in [0.15, 0.2) is 33.4 Å². The minimum absolute atomic E-state index is 0.272. The molecule has 20 heavy (non-hydrogen) atoms. The van der Waals surface area contributed by atoms with Crippen molar-refractivity contribution in [2.24, 2.45) is 5.73 Å². The average Bonchev–Trinajstić information content (AvgIpc) is 2.74. The second-order valence-corrected chi connectivity index (χ2v) is 7.33. The number of benzene rings is 1. The van der Waals surface area contributed by atoms with Crippen molar-refractivity contribution in [1.82, 2.24) is 4.90 Å². The molecule has 2 nitrogen and oxygen atoms in total. The van der Waals surface area contributed by atoms with Crippen LogP contribution in [0.4, 0.5) is 4.39 Å². The van der Waals surface area contributed by atoms with E-state index in [1.807, 2.05) is 7.05 Å². The zero-order valence-corrected chi connectivity index (χ0v) is 14.1. The number of nitrogens with two attached hydrogens (primary N) is 1. The van der Waals surface area contributed by atoms with Gasteiger partial charge in [-0.05, 0) is 63.8 Å². The summed E-state index contributed by atoms with van der Waals surface area (Å²) in [5, 5.41) is 2.10. The van der Waals surface area contributed by atoms with Gasteiger partial charge in [0.2, 0.25) is 0 Å². The molecule has 2 rings (SSSR count). The van der Waals surface area contributed by atoms with Gasteiger partial charge in [0.05, 0.1) is 3.79 Å². The van der Waals surface area contributed by atoms with Crippen molar-refractivity contribution in [3.63, 3.8) is 0 Å². The monoisotopic (exact) mass is 372 g/mol. The highest BCUT2D eigenvalue weighted by Crippen LogP contribution is 2.22. The van der Waals surface area contributed by atoms with E-state index in [-0.39, 0.29) is 5.82 Å². The second kappa shape index (κ2) is 6.76. The van der Waals surface area contributed by atoms with Gasteiger partial charge in [0.25, 0.3) is 0 Å². The van der Waals surface area contributed by atoms with Gasteiger partial charge >= 0.3 is 0 Å². The second-order valence-electron chi connectivity index (χ2n) is 4.60. The van der Waals surface area contributed by atoms with Crippen molar-refractivity contribution in [3.8, 4) is 0 Å². The fourth-order valence-electron chi connectivity index (χ4n) is 2.02. The SMILES string of the molecule is CN(Cc1csc(Br)c1)Cc1cc(F)ccc1C(N)=S. The predicted molar refractivity (Wildman–Crippen MR) is 89.5 cm³/mol. The molecule has 0 bridgehead atoms. The highest BCUT2D eigenvalue weighted by atomic mass is 79.9. The number of hydrogen-bond acceptors (Lipinski definition) is 3. The summed E-state index contributed by atoms with van der Waals surface area (Å²) in [6, 6.07) is 6.60. The van der Waals surface area contributed by atoms with Crippen LogP contribution in [0, 0.1) is 5.82 Å². The third-order valence-corrected chi connectivity index (χ3v) is 4.62. The van der Waals surface area contributed by atoms with Crippen LogP contribution >= 0.6 is 39.5 Å². The van der Waals surface area contributed by atoms with Crippen LogP contribution in [0.1, 0.15) is 16.7 Å². The molecule has 0 saturated carbocycles. The highest BCUT2D eigenvalue weighted by molar-refractivity contribution is 9.11. The minimum atomic E-state index is -0.272. The molecule has 0 spiro atoms. The molecular weight excluding hydrogens is 359 g/mol. The van der Waals surface area contributed by atoms with Gasteiger partial charge in [-0.15, -0.1) is 11.3 Å². The van der Waals surface area contributed by atoms with E-state index in [9.17, 15) is 4.39 Å². The molecule has 6 heteroatoms. The zero-order chi connectivity index (χ0) is 14.7. The Balaban J connectivity index is 2.12. The van der Waals surface area contributed by atoms with Crippen LogP contribution in [0.2, 0.25) is 0 Å². The van der Waals surface area contributed by atoms with Crippen LogP contribution < -0.4 is 5.73 Å². The van der Waals surface area contributed by atoms with Gasteiger partial charge in [-0.25, -0.2) is 4.39 Å². The van der Waals surface area contributed by atoms with Gasteiger partial charge in [0.15, 0.2) is 0 Å². The van der Waals surface area contributed by atoms with Crippen molar-refractivity contribution >= 4 is 44.5 Å². The quantitative estimate of drug-likeness (QED) is 0.806. The lowest BCUT2D eigenvalue weighted by atomic mass is 10.1. The normalized spacial score (nSPS) is 11.0. The van der Waals surface area contributed by atoms with Crippen LogP contribution in [-0.4, -0.2) is 16.9 Å². The molecule has 0 saturated heterocycles. The fraction of sp³-hybridized carbons (Fsp3) is 0.214. The molecule has 2 N–H and O–H groups in total. The number of hydrogen-bond donors (Lipinski definition) is 1. The summed E-state index contributed by atoms with van der Waals surface area (Å²) in [5.41, 5.74) is 8.45. The van der Waals surface area contributed by atoms with Crippen molar-refractivity contribution in [1.29, 1.82) is 0 Å². The Morgan fingerprint density at radius 3 is 2.75 bits per heavy atom. The standard InChI is InChI=1S/C14H14BrFN2S2/c1-18(6-9-4-13(15)20-8-9)7-10-5-11(16)2-3-12(10)14(17)19/h2-5,8H,6-7H2,1H3,(H2,17,19). The van der Waals surface area contributed by atoms with Crippen molar-refractivity contribution in [2.45, 2.75) is 13.1 Å². The van der Waals surface area contributed by atoms with E-state index >= 15 is 0 Å². The smallest absolute Gasteiger partial charge is 0.123 e. The Morgan fingerprint density at radius 1 is 1.40 bits per heavy atom. The number of thiophene rings is 1. The molecule has 0 amide bonds. The minimum Gasteiger partial charge on any atom is -0.389 e. The number of rotatable bonds is 5. The lowest BCUT2D eigenvalue weighted by Gasteiger charge is -2.18. The molecular formula is C14H14BrFN2S2. The lowest BCUT2D eigenvalue weighted by Crippen LogP contribution is -2.20. The number of halogens is 2. The van der Waals surface area contributed by atoms with Crippen molar-refractivity contribution in [2.75, 3.05) is 7.05 Å². The molecule has 0 fully saturated rings. The third kappa shape index (κ3) is 4.09. The highest BCUT2D eigenvalue weighted by Gasteiger charge is 2.10. The van der Waals surface area contributed by atoms with Gasteiger partial charge < -0.3 is 5.73 Å². The Bertz CT molecular complexity index is 627. The Morgan fingerprint density at radius 2 is 2.15 bits per heavy atom. The van der Waals surface area contributed by atoms with Crippen molar-refractivity contribution < 1.29 is 4.39 Å². The largest absolute Gasteiger partial charge is 0.389 e. The van der Waals surface area contributed by atoms with Crippen LogP contribution in [0.5, 0.6) is 0 Å². The molecule has 0 unspecified atom stereocenters. The first-order valence-corrected chi connectivity index (χ1v) is 8.03. The summed E-state index contributed by atoms with van der Waals surface area (Å²) in [6.45, 7) is 1.38. The average molecular weight is 373 g/mol. The molecule has 2 aromatic rings. The van der Waals surface area contributed by atoms with Crippen LogP contribution in [-0.2, 0) is 13.1 Å². The molecule has 0 aliphatic heterocycles. The molecule has 0 aliphatic carbocycles. The molecule has 1 heterocycles. The maximum atomic E-state index is 13.4. The Kier molecular flexibility index (Phi) is 5.26. The predicted octanol–water partition coefficient (Wildman–Crippen LogP) is 3.92. The summed E-state index contributed by atoms with van der Waals surface area (Å²) in [4.78, 5) is 2.40. The molecule has 0 radical (unpaired) electrons. The summed E-state index contributed by atoms with van der Waals surface area (Å²) in [6.07, 6.45) is 0. The number of thiocarbonyl (C=S) groups is 1. The Hall–Kier alpha value is -0.820. The van der Waals surface area contributed by atoms with E-state index in [0.717, 1.165) is 21.5 Å². The zero-order valence-electron chi connectivity index (χ0n) is 10.9. The maximum Gasteiger partial charge on any atom is 0.123 e. The Labute approximate surface area is 135 Å². The fourth-order valence-corrected chi connectivity index (χ4v) is 3.42. The van der Waals surface area contributed by atoms with E-state index < -0.39 is 0 Å². The molecule has 106 valence electrons. The summed E-state index contributed by atoms with van der Waals surface area (Å²) in [7, 11) is 1.99. The molecule has 1 aromatic carbocycles. The van der Waals surface area contributed by atoms with Gasteiger partial charge in [0, 0.05) is 18.7 Å². The van der Waals surface area contributed by atoms with Crippen molar-refractivity contribution in [3.05, 3.63) is 55.9 Å². The van der Waals surface area contributed by atoms with Crippen LogP contribution in [0.3, 0.4) is 0 Å². The maximum absolute atomic E-state index is 13.4. The molecule has 0 atom stereocenters. The van der Waals surface area contributed by atoms with E-state index in [4.69, 9.17) is 18.0 Å².